The molecule has 0 atom stereocenters. The lowest BCUT2D eigenvalue weighted by Crippen LogP contribution is -2.27. The first-order valence-electron chi connectivity index (χ1n) is 7.05. The normalized spacial score (nSPS) is 11.7. The van der Waals surface area contributed by atoms with Crippen LogP contribution in [-0.4, -0.2) is 27.0 Å². The number of hydrogen-bond acceptors (Lipinski definition) is 4. The molecule has 0 spiro atoms. The number of carbonyl (C=O) groups is 1. The third-order valence-electron chi connectivity index (χ3n) is 3.21. The van der Waals surface area contributed by atoms with Crippen molar-refractivity contribution < 1.29 is 10.0 Å². The Kier molecular flexibility index (Phi) is 4.77. The minimum atomic E-state index is -0.503. The summed E-state index contributed by atoms with van der Waals surface area (Å²) < 4.78 is 3.02. The number of aromatic nitrogens is 2. The molecule has 0 aliphatic rings. The lowest BCUT2D eigenvalue weighted by molar-refractivity contribution is -0.127. The minimum Gasteiger partial charge on any atom is -0.359 e. The molecular formula is C15H21BrN4O2. The van der Waals surface area contributed by atoms with Gasteiger partial charge >= 0.3 is 0 Å². The molecule has 0 aromatic carbocycles. The molecule has 120 valence electrons. The summed E-state index contributed by atoms with van der Waals surface area (Å²) in [6.07, 6.45) is 2.78. The van der Waals surface area contributed by atoms with E-state index in [2.05, 4.69) is 47.0 Å². The molecule has 0 aliphatic heterocycles. The van der Waals surface area contributed by atoms with Crippen LogP contribution in [0.15, 0.2) is 16.7 Å². The fourth-order valence-electron chi connectivity index (χ4n) is 2.33. The third kappa shape index (κ3) is 3.78. The molecule has 1 amide bonds. The highest BCUT2D eigenvalue weighted by Gasteiger charge is 2.20. The van der Waals surface area contributed by atoms with Crippen LogP contribution in [0, 0.1) is 12.3 Å². The van der Waals surface area contributed by atoms with Gasteiger partial charge in [0.1, 0.15) is 11.5 Å². The van der Waals surface area contributed by atoms with Gasteiger partial charge in [-0.05, 0) is 46.3 Å². The number of imidazole rings is 1. The third-order valence-corrected chi connectivity index (χ3v) is 3.64. The van der Waals surface area contributed by atoms with E-state index < -0.39 is 5.91 Å². The summed E-state index contributed by atoms with van der Waals surface area (Å²) in [5.74, 6) is 0.163. The number of rotatable bonds is 4. The number of hydroxylamine groups is 1. The molecule has 2 rings (SSSR count). The van der Waals surface area contributed by atoms with Gasteiger partial charge < -0.3 is 9.72 Å². The van der Waals surface area contributed by atoms with Crippen molar-refractivity contribution in [1.29, 1.82) is 0 Å². The summed E-state index contributed by atoms with van der Waals surface area (Å²) in [6.45, 7) is 8.43. The van der Waals surface area contributed by atoms with Gasteiger partial charge in [0.25, 0.3) is 5.91 Å². The van der Waals surface area contributed by atoms with Crippen LogP contribution in [-0.2, 0) is 11.2 Å². The van der Waals surface area contributed by atoms with Gasteiger partial charge in [0, 0.05) is 10.7 Å². The van der Waals surface area contributed by atoms with Gasteiger partial charge in [0.15, 0.2) is 0 Å². The maximum atomic E-state index is 11.3. The molecule has 22 heavy (non-hydrogen) atoms. The number of aryl methyl sites for hydroxylation is 1. The summed E-state index contributed by atoms with van der Waals surface area (Å²) in [5, 5.41) is 11.6. The summed E-state index contributed by atoms with van der Waals surface area (Å²) in [7, 11) is 0. The molecule has 0 aliphatic carbocycles. The lowest BCUT2D eigenvalue weighted by atomic mass is 9.90. The maximum Gasteiger partial charge on any atom is 0.262 e. The van der Waals surface area contributed by atoms with Gasteiger partial charge in [-0.1, -0.05) is 20.8 Å². The smallest absolute Gasteiger partial charge is 0.262 e. The number of hydrogen-bond donors (Lipinski definition) is 3. The van der Waals surface area contributed by atoms with E-state index in [1.807, 2.05) is 23.6 Å². The highest BCUT2D eigenvalue weighted by molar-refractivity contribution is 9.10. The Labute approximate surface area is 138 Å². The van der Waals surface area contributed by atoms with Gasteiger partial charge in [0.2, 0.25) is 0 Å². The van der Waals surface area contributed by atoms with Crippen molar-refractivity contribution in [2.75, 3.05) is 11.9 Å². The van der Waals surface area contributed by atoms with Crippen LogP contribution in [0.4, 0.5) is 5.82 Å². The molecule has 0 bridgehead atoms. The van der Waals surface area contributed by atoms with Crippen molar-refractivity contribution in [3.63, 3.8) is 0 Å². The molecule has 2 aromatic rings. The molecule has 3 N–H and O–H groups in total. The summed E-state index contributed by atoms with van der Waals surface area (Å²) in [4.78, 5) is 15.9. The first-order chi connectivity index (χ1) is 10.2. The Balaban J connectivity index is 2.51. The monoisotopic (exact) mass is 368 g/mol. The largest absolute Gasteiger partial charge is 0.359 e. The van der Waals surface area contributed by atoms with Crippen molar-refractivity contribution in [3.05, 3.63) is 28.0 Å². The van der Waals surface area contributed by atoms with Crippen molar-refractivity contribution in [3.8, 4) is 0 Å². The molecule has 0 saturated carbocycles. The number of carbonyl (C=O) groups excluding carboxylic acids is 1. The van der Waals surface area contributed by atoms with Gasteiger partial charge in [-0.15, -0.1) is 0 Å². The Morgan fingerprint density at radius 1 is 1.45 bits per heavy atom. The zero-order valence-electron chi connectivity index (χ0n) is 13.2. The highest BCUT2D eigenvalue weighted by atomic mass is 79.9. The summed E-state index contributed by atoms with van der Waals surface area (Å²) in [6, 6.07) is 2.01. The number of halogens is 1. The van der Waals surface area contributed by atoms with Gasteiger partial charge in [-0.3, -0.25) is 10.0 Å². The van der Waals surface area contributed by atoms with Gasteiger partial charge in [-0.25, -0.2) is 10.5 Å². The van der Waals surface area contributed by atoms with E-state index >= 15 is 0 Å². The topological polar surface area (TPSA) is 78.7 Å². The van der Waals surface area contributed by atoms with Crippen molar-refractivity contribution in [2.45, 2.75) is 34.1 Å². The predicted molar refractivity (Wildman–Crippen MR) is 89.2 cm³/mol. The Hall–Kier alpha value is -1.60. The first kappa shape index (κ1) is 16.8. The first-order valence-corrected chi connectivity index (χ1v) is 7.84. The SMILES string of the molecule is Cc1cc(Br)cn2c(CC(C)(C)C)c(NCC(=O)NO)nc12. The van der Waals surface area contributed by atoms with E-state index in [1.165, 1.54) is 0 Å². The van der Waals surface area contributed by atoms with Gasteiger partial charge in [-0.2, -0.15) is 0 Å². The number of fused-ring (bicyclic) bond motifs is 1. The van der Waals surface area contributed by atoms with Crippen molar-refractivity contribution in [1.82, 2.24) is 14.9 Å². The Bertz CT molecular complexity index is 704. The maximum absolute atomic E-state index is 11.3. The Morgan fingerprint density at radius 3 is 2.73 bits per heavy atom. The van der Waals surface area contributed by atoms with E-state index in [4.69, 9.17) is 5.21 Å². The quantitative estimate of drug-likeness (QED) is 0.572. The van der Waals surface area contributed by atoms with Crippen LogP contribution in [0.1, 0.15) is 32.0 Å². The average molecular weight is 369 g/mol. The number of anilines is 1. The van der Waals surface area contributed by atoms with E-state index in [0.29, 0.717) is 5.82 Å². The second-order valence-corrected chi connectivity index (χ2v) is 7.48. The van der Waals surface area contributed by atoms with E-state index in [1.54, 1.807) is 5.48 Å². The standard InChI is InChI=1S/C15H21BrN4O2/c1-9-5-10(16)8-20-11(6-15(2,3)4)13(18-14(9)20)17-7-12(21)19-22/h5,8,17,22H,6-7H2,1-4H3,(H,19,21). The molecule has 6 nitrogen and oxygen atoms in total. The zero-order valence-corrected chi connectivity index (χ0v) is 14.8. The Morgan fingerprint density at radius 2 is 2.14 bits per heavy atom. The number of pyridine rings is 1. The predicted octanol–water partition coefficient (Wildman–Crippen LogP) is 2.91. The van der Waals surface area contributed by atoms with Crippen LogP contribution in [0.25, 0.3) is 5.65 Å². The molecule has 2 heterocycles. The van der Waals surface area contributed by atoms with E-state index in [-0.39, 0.29) is 12.0 Å². The molecule has 0 saturated heterocycles. The number of nitrogens with one attached hydrogen (secondary N) is 2. The summed E-state index contributed by atoms with van der Waals surface area (Å²) >= 11 is 3.51. The molecule has 0 fully saturated rings. The molecule has 7 heteroatoms. The van der Waals surface area contributed by atoms with Crippen LogP contribution in [0.2, 0.25) is 0 Å². The average Bonchev–Trinajstić information content (AvgIpc) is 2.73. The van der Waals surface area contributed by atoms with Crippen molar-refractivity contribution in [2.24, 2.45) is 5.41 Å². The van der Waals surface area contributed by atoms with Crippen LogP contribution in [0.5, 0.6) is 0 Å². The number of amides is 1. The van der Waals surface area contributed by atoms with Crippen LogP contribution in [0.3, 0.4) is 0 Å². The molecule has 2 aromatic heterocycles. The van der Waals surface area contributed by atoms with Crippen LogP contribution < -0.4 is 10.8 Å². The number of nitrogens with zero attached hydrogens (tertiary/aromatic N) is 2. The highest BCUT2D eigenvalue weighted by Crippen LogP contribution is 2.29. The minimum absolute atomic E-state index is 0.0300. The molecule has 0 radical (unpaired) electrons. The summed E-state index contributed by atoms with van der Waals surface area (Å²) in [5.41, 5.74) is 4.60. The fourth-order valence-corrected chi connectivity index (χ4v) is 2.88. The van der Waals surface area contributed by atoms with Crippen LogP contribution >= 0.6 is 15.9 Å². The molecule has 0 unspecified atom stereocenters. The molecular weight excluding hydrogens is 348 g/mol. The van der Waals surface area contributed by atoms with E-state index in [0.717, 1.165) is 27.8 Å². The second-order valence-electron chi connectivity index (χ2n) is 6.57. The van der Waals surface area contributed by atoms with E-state index in [9.17, 15) is 4.79 Å². The zero-order chi connectivity index (χ0) is 16.5. The van der Waals surface area contributed by atoms with Crippen molar-refractivity contribution >= 4 is 33.3 Å². The lowest BCUT2D eigenvalue weighted by Gasteiger charge is -2.19. The second kappa shape index (κ2) is 6.26. The van der Waals surface area contributed by atoms with Gasteiger partial charge in [0.05, 0.1) is 12.2 Å². The fraction of sp³-hybridized carbons (Fsp3) is 0.467.